The Morgan fingerprint density at radius 2 is 1.61 bits per heavy atom. The summed E-state index contributed by atoms with van der Waals surface area (Å²) in [5.74, 6) is -1.88. The van der Waals surface area contributed by atoms with Crippen molar-refractivity contribution >= 4 is 23.9 Å². The van der Waals surface area contributed by atoms with Crippen molar-refractivity contribution in [1.82, 2.24) is 15.6 Å². The minimum Gasteiger partial charge on any atom is -0.463 e. The highest BCUT2D eigenvalue weighted by Crippen LogP contribution is 2.20. The molecule has 0 saturated heterocycles. The highest BCUT2D eigenvalue weighted by atomic mass is 16.5. The quantitative estimate of drug-likeness (QED) is 0.466. The van der Waals surface area contributed by atoms with Crippen LogP contribution in [0.2, 0.25) is 0 Å². The molecular weight excluding hydrogens is 370 g/mol. The molecule has 0 aromatic carbocycles. The van der Waals surface area contributed by atoms with Crippen molar-refractivity contribution in [3.8, 4) is 0 Å². The smallest absolute Gasteiger partial charge is 0.355 e. The molecule has 1 aromatic rings. The maximum Gasteiger partial charge on any atom is 0.355 e. The first kappa shape index (κ1) is 21.0. The molecule has 0 bridgehead atoms. The topological polar surface area (TPSA) is 136 Å². The van der Waals surface area contributed by atoms with Crippen molar-refractivity contribution < 1.29 is 33.4 Å². The molecule has 2 rings (SSSR count). The lowest BCUT2D eigenvalue weighted by Gasteiger charge is -2.21. The summed E-state index contributed by atoms with van der Waals surface area (Å²) in [6, 6.07) is -0.516. The number of H-pyrrole nitrogens is 1. The van der Waals surface area contributed by atoms with Crippen LogP contribution >= 0.6 is 0 Å². The zero-order valence-corrected chi connectivity index (χ0v) is 16.2. The molecular formula is C18H23N3O7. The zero-order chi connectivity index (χ0) is 20.8. The first-order valence-corrected chi connectivity index (χ1v) is 8.77. The van der Waals surface area contributed by atoms with E-state index >= 15 is 0 Å². The van der Waals surface area contributed by atoms with Gasteiger partial charge in [-0.15, -0.1) is 0 Å². The molecule has 10 heteroatoms. The summed E-state index contributed by atoms with van der Waals surface area (Å²) in [7, 11) is 0. The average molecular weight is 393 g/mol. The van der Waals surface area contributed by atoms with Crippen LogP contribution < -0.4 is 10.6 Å². The van der Waals surface area contributed by atoms with Crippen LogP contribution in [0.25, 0.3) is 0 Å². The minimum absolute atomic E-state index is 0.0350. The van der Waals surface area contributed by atoms with Crippen LogP contribution in [0.1, 0.15) is 46.0 Å². The minimum atomic E-state index is -0.703. The number of aryl methyl sites for hydroxylation is 1. The Hall–Kier alpha value is -3.30. The van der Waals surface area contributed by atoms with E-state index in [9.17, 15) is 19.2 Å². The lowest BCUT2D eigenvalue weighted by molar-refractivity contribution is -0.138. The van der Waals surface area contributed by atoms with Gasteiger partial charge in [0.25, 0.3) is 0 Å². The number of aromatic nitrogens is 1. The van der Waals surface area contributed by atoms with Gasteiger partial charge in [-0.1, -0.05) is 0 Å². The van der Waals surface area contributed by atoms with Crippen LogP contribution in [0.3, 0.4) is 0 Å². The van der Waals surface area contributed by atoms with Crippen molar-refractivity contribution in [3.63, 3.8) is 0 Å². The standard InChI is InChI=1S/C18H23N3O7/c1-5-26-15(22)11-7-19-18(25)21-12(11)8-28-16(23)13-9(3)14(20-10(13)4)17(24)27-6-2/h20H,5-8H2,1-4H3,(H2,19,21,25). The van der Waals surface area contributed by atoms with E-state index in [0.29, 0.717) is 11.3 Å². The largest absolute Gasteiger partial charge is 0.463 e. The molecule has 0 atom stereocenters. The fourth-order valence-corrected chi connectivity index (χ4v) is 2.74. The van der Waals surface area contributed by atoms with Crippen LogP contribution in [0.4, 0.5) is 4.79 Å². The van der Waals surface area contributed by atoms with Gasteiger partial charge in [0.1, 0.15) is 12.3 Å². The summed E-state index contributed by atoms with van der Waals surface area (Å²) in [5, 5.41) is 4.91. The van der Waals surface area contributed by atoms with Gasteiger partial charge in [0.05, 0.1) is 36.6 Å². The van der Waals surface area contributed by atoms with Gasteiger partial charge in [0.2, 0.25) is 0 Å². The van der Waals surface area contributed by atoms with E-state index in [-0.39, 0.29) is 48.9 Å². The highest BCUT2D eigenvalue weighted by molar-refractivity contribution is 5.99. The van der Waals surface area contributed by atoms with Crippen LogP contribution in [0.15, 0.2) is 11.3 Å². The van der Waals surface area contributed by atoms with E-state index in [1.807, 2.05) is 0 Å². The molecule has 0 spiro atoms. The lowest BCUT2D eigenvalue weighted by Crippen LogP contribution is -2.45. The first-order chi connectivity index (χ1) is 13.3. The Morgan fingerprint density at radius 3 is 2.25 bits per heavy atom. The predicted octanol–water partition coefficient (Wildman–Crippen LogP) is 1.10. The van der Waals surface area contributed by atoms with Crippen LogP contribution in [0, 0.1) is 13.8 Å². The van der Waals surface area contributed by atoms with E-state index in [2.05, 4.69) is 15.6 Å². The number of nitrogens with one attached hydrogen (secondary N) is 3. The second-order valence-electron chi connectivity index (χ2n) is 5.91. The first-order valence-electron chi connectivity index (χ1n) is 8.77. The number of carbonyl (C=O) groups excluding carboxylic acids is 4. The van der Waals surface area contributed by atoms with Gasteiger partial charge in [0.15, 0.2) is 0 Å². The fraction of sp³-hybridized carbons (Fsp3) is 0.444. The molecule has 152 valence electrons. The van der Waals surface area contributed by atoms with Gasteiger partial charge in [-0.2, -0.15) is 0 Å². The van der Waals surface area contributed by atoms with E-state index in [1.54, 1.807) is 27.7 Å². The SMILES string of the molecule is CCOC(=O)C1=C(COC(=O)c2c(C)[nH]c(C(=O)OCC)c2C)NC(=O)NC1. The van der Waals surface area contributed by atoms with Crippen LogP contribution in [0.5, 0.6) is 0 Å². The monoisotopic (exact) mass is 393 g/mol. The molecule has 2 heterocycles. The summed E-state index contributed by atoms with van der Waals surface area (Å²) < 4.78 is 15.2. The summed E-state index contributed by atoms with van der Waals surface area (Å²) in [6.07, 6.45) is 0. The number of aromatic amines is 1. The lowest BCUT2D eigenvalue weighted by atomic mass is 10.1. The molecule has 1 aromatic heterocycles. The molecule has 0 saturated carbocycles. The molecule has 0 unspecified atom stereocenters. The predicted molar refractivity (Wildman–Crippen MR) is 96.7 cm³/mol. The molecule has 10 nitrogen and oxygen atoms in total. The molecule has 2 amide bonds. The highest BCUT2D eigenvalue weighted by Gasteiger charge is 2.27. The van der Waals surface area contributed by atoms with E-state index in [1.165, 1.54) is 0 Å². The molecule has 1 aliphatic rings. The number of ether oxygens (including phenoxy) is 3. The summed E-state index contributed by atoms with van der Waals surface area (Å²) in [4.78, 5) is 50.9. The zero-order valence-electron chi connectivity index (χ0n) is 16.2. The van der Waals surface area contributed by atoms with E-state index < -0.39 is 23.9 Å². The van der Waals surface area contributed by atoms with Crippen molar-refractivity contribution in [1.29, 1.82) is 0 Å². The van der Waals surface area contributed by atoms with Crippen LogP contribution in [-0.4, -0.2) is 55.3 Å². The fourth-order valence-electron chi connectivity index (χ4n) is 2.74. The van der Waals surface area contributed by atoms with E-state index in [0.717, 1.165) is 0 Å². The Kier molecular flexibility index (Phi) is 6.80. The number of esters is 3. The summed E-state index contributed by atoms with van der Waals surface area (Å²) in [6.45, 7) is 6.57. The Labute approximate surface area is 161 Å². The van der Waals surface area contributed by atoms with Crippen molar-refractivity contribution in [3.05, 3.63) is 33.8 Å². The molecule has 3 N–H and O–H groups in total. The molecule has 0 fully saturated rings. The van der Waals surface area contributed by atoms with Gasteiger partial charge < -0.3 is 29.8 Å². The van der Waals surface area contributed by atoms with Gasteiger partial charge >= 0.3 is 23.9 Å². The number of amides is 2. The van der Waals surface area contributed by atoms with Gasteiger partial charge in [0, 0.05) is 5.69 Å². The van der Waals surface area contributed by atoms with Crippen molar-refractivity contribution in [2.45, 2.75) is 27.7 Å². The Balaban J connectivity index is 2.19. The van der Waals surface area contributed by atoms with Crippen molar-refractivity contribution in [2.75, 3.05) is 26.4 Å². The third kappa shape index (κ3) is 4.51. The third-order valence-electron chi connectivity index (χ3n) is 4.05. The maximum atomic E-state index is 12.5. The maximum absolute atomic E-state index is 12.5. The number of rotatable bonds is 7. The number of hydrogen-bond acceptors (Lipinski definition) is 7. The van der Waals surface area contributed by atoms with Gasteiger partial charge in [-0.25, -0.2) is 19.2 Å². The molecule has 0 aliphatic carbocycles. The van der Waals surface area contributed by atoms with Gasteiger partial charge in [-0.3, -0.25) is 0 Å². The number of urea groups is 1. The molecule has 0 radical (unpaired) electrons. The molecule has 28 heavy (non-hydrogen) atoms. The third-order valence-corrected chi connectivity index (χ3v) is 4.05. The number of carbonyl (C=O) groups is 4. The van der Waals surface area contributed by atoms with E-state index in [4.69, 9.17) is 14.2 Å². The number of hydrogen-bond donors (Lipinski definition) is 3. The second kappa shape index (κ2) is 9.07. The normalized spacial score (nSPS) is 13.5. The second-order valence-corrected chi connectivity index (χ2v) is 5.91. The molecule has 1 aliphatic heterocycles. The van der Waals surface area contributed by atoms with Crippen molar-refractivity contribution in [2.24, 2.45) is 0 Å². The van der Waals surface area contributed by atoms with Gasteiger partial charge in [-0.05, 0) is 33.3 Å². The summed E-state index contributed by atoms with van der Waals surface area (Å²) >= 11 is 0. The average Bonchev–Trinajstić information content (AvgIpc) is 2.94. The Bertz CT molecular complexity index is 838. The Morgan fingerprint density at radius 1 is 0.964 bits per heavy atom. The summed E-state index contributed by atoms with van der Waals surface area (Å²) in [5.41, 5.74) is 1.53. The van der Waals surface area contributed by atoms with Crippen LogP contribution in [-0.2, 0) is 19.0 Å².